The van der Waals surface area contributed by atoms with Crippen molar-refractivity contribution in [2.24, 2.45) is 0 Å². The third-order valence-corrected chi connectivity index (χ3v) is 11.1. The largest absolute Gasteiger partial charge is 0.747 e. The van der Waals surface area contributed by atoms with E-state index in [9.17, 15) is 0 Å². The molecule has 0 spiro atoms. The molecular formula is C30H36FeP2-6. The Hall–Kier alpha value is -1.48. The average Bonchev–Trinajstić information content (AvgIpc) is 3.43. The van der Waals surface area contributed by atoms with E-state index in [1.807, 2.05) is 0 Å². The first kappa shape index (κ1) is 27.8. The van der Waals surface area contributed by atoms with Crippen LogP contribution in [0, 0.1) is 0 Å². The van der Waals surface area contributed by atoms with Crippen LogP contribution in [0.1, 0.15) is 41.5 Å². The Kier molecular flexibility index (Phi) is 10.3. The third kappa shape index (κ3) is 7.77. The normalized spacial score (nSPS) is 11.6. The van der Waals surface area contributed by atoms with Gasteiger partial charge in [-0.2, -0.15) is 12.1 Å². The van der Waals surface area contributed by atoms with Crippen molar-refractivity contribution in [2.75, 3.05) is 0 Å². The van der Waals surface area contributed by atoms with Crippen molar-refractivity contribution in [2.45, 2.75) is 51.9 Å². The van der Waals surface area contributed by atoms with Gasteiger partial charge in [-0.1, -0.05) is 113 Å². The topological polar surface area (TPSA) is 0 Å². The minimum Gasteiger partial charge on any atom is -0.747 e. The molecule has 0 unspecified atom stereocenters. The van der Waals surface area contributed by atoms with Gasteiger partial charge in [-0.3, -0.25) is 0 Å². The molecule has 0 aromatic heterocycles. The number of hydrogen-bond donors (Lipinski definition) is 0. The Bertz CT molecular complexity index is 969. The smallest absolute Gasteiger partial charge is 0 e. The summed E-state index contributed by atoms with van der Waals surface area (Å²) in [6.07, 6.45) is 0. The summed E-state index contributed by atoms with van der Waals surface area (Å²) in [4.78, 5) is 0. The van der Waals surface area contributed by atoms with Crippen molar-refractivity contribution in [3.8, 4) is 0 Å². The molecule has 4 rings (SSSR count). The van der Waals surface area contributed by atoms with E-state index in [2.05, 4.69) is 151 Å². The van der Waals surface area contributed by atoms with Crippen molar-refractivity contribution in [1.82, 2.24) is 0 Å². The molecular weight excluding hydrogens is 478 g/mol. The minimum absolute atomic E-state index is 0. The number of rotatable bonds is 4. The van der Waals surface area contributed by atoms with E-state index in [0.717, 1.165) is 0 Å². The van der Waals surface area contributed by atoms with Crippen molar-refractivity contribution < 1.29 is 17.1 Å². The van der Waals surface area contributed by atoms with Gasteiger partial charge in [-0.25, -0.2) is 20.1 Å². The maximum absolute atomic E-state index is 2.36. The summed E-state index contributed by atoms with van der Waals surface area (Å²) in [7, 11) is -0.510. The van der Waals surface area contributed by atoms with Crippen LogP contribution in [0.4, 0.5) is 0 Å². The van der Waals surface area contributed by atoms with Crippen LogP contribution in [0.3, 0.4) is 0 Å². The predicted molar refractivity (Wildman–Crippen MR) is 149 cm³/mol. The van der Waals surface area contributed by atoms with Crippen LogP contribution in [-0.2, 0) is 17.1 Å². The van der Waals surface area contributed by atoms with Gasteiger partial charge in [0, 0.05) is 17.1 Å². The van der Waals surface area contributed by atoms with Crippen LogP contribution in [0.5, 0.6) is 0 Å². The number of benzene rings is 2. The molecule has 0 aliphatic heterocycles. The maximum Gasteiger partial charge on any atom is 0 e. The fourth-order valence-electron chi connectivity index (χ4n) is 4.41. The summed E-state index contributed by atoms with van der Waals surface area (Å²) in [6.45, 7) is 14.1. The summed E-state index contributed by atoms with van der Waals surface area (Å²) in [5.41, 5.74) is 0. The molecule has 0 bridgehead atoms. The molecule has 0 N–H and O–H groups in total. The van der Waals surface area contributed by atoms with Gasteiger partial charge < -0.3 is 29.6 Å². The summed E-state index contributed by atoms with van der Waals surface area (Å²) in [5, 5.41) is 6.56. The molecule has 0 heterocycles. The van der Waals surface area contributed by atoms with Gasteiger partial charge >= 0.3 is 0 Å². The summed E-state index contributed by atoms with van der Waals surface area (Å²) in [5.74, 6) is 0. The standard InChI is InChI=1S/C17H14P.C13H22P.Fe/c1-3-9-15(10-4-1)18(17-13-7-8-14-17)16-11-5-2-6-12-16;1-12(2,3)14(13(4,5)6)11-9-7-8-10-11;/h1-14H;7-10H,1-6H3;/q-5;-1;. The minimum atomic E-state index is -0.409. The van der Waals surface area contributed by atoms with Crippen LogP contribution in [0.2, 0.25) is 0 Å². The third-order valence-electron chi connectivity index (χ3n) is 5.18. The fraction of sp³-hybridized carbons (Fsp3) is 0.267. The van der Waals surface area contributed by atoms with Crippen molar-refractivity contribution >= 4 is 37.1 Å². The van der Waals surface area contributed by atoms with E-state index in [-0.39, 0.29) is 25.0 Å². The first-order chi connectivity index (χ1) is 15.2. The predicted octanol–water partition coefficient (Wildman–Crippen LogP) is 7.27. The monoisotopic (exact) mass is 514 g/mol. The molecule has 0 nitrogen and oxygen atoms in total. The number of hydrogen-bond acceptors (Lipinski definition) is 0. The molecule has 0 saturated carbocycles. The Morgan fingerprint density at radius 3 is 1.36 bits per heavy atom. The molecule has 0 aliphatic carbocycles. The van der Waals surface area contributed by atoms with Crippen LogP contribution in [0.25, 0.3) is 0 Å². The van der Waals surface area contributed by atoms with Crippen LogP contribution < -0.4 is 21.2 Å². The van der Waals surface area contributed by atoms with E-state index in [1.165, 1.54) is 15.9 Å². The fourth-order valence-corrected chi connectivity index (χ4v) is 10.7. The van der Waals surface area contributed by atoms with E-state index in [0.29, 0.717) is 10.3 Å². The first-order valence-corrected chi connectivity index (χ1v) is 14.0. The first-order valence-electron chi connectivity index (χ1n) is 11.3. The van der Waals surface area contributed by atoms with Crippen molar-refractivity contribution in [3.05, 3.63) is 109 Å². The SMILES string of the molecule is CC(C)(C)P([c-]1cccc1)C(C)(C)C.[Fe].c1ccc(P(c2ccccc2)[c-]2[cH-][cH-][cH-][cH-]2)cc1. The van der Waals surface area contributed by atoms with Crippen molar-refractivity contribution in [3.63, 3.8) is 0 Å². The molecule has 0 atom stereocenters. The zero-order valence-corrected chi connectivity index (χ0v) is 23.5. The molecule has 0 fully saturated rings. The summed E-state index contributed by atoms with van der Waals surface area (Å²) >= 11 is 0. The van der Waals surface area contributed by atoms with Gasteiger partial charge in [0.1, 0.15) is 0 Å². The van der Waals surface area contributed by atoms with E-state index in [1.54, 1.807) is 5.30 Å². The quantitative estimate of drug-likeness (QED) is 0.153. The molecule has 0 aliphatic rings. The summed E-state index contributed by atoms with van der Waals surface area (Å²) in [6, 6.07) is 39.1. The molecule has 0 saturated heterocycles. The second-order valence-electron chi connectivity index (χ2n) is 9.97. The van der Waals surface area contributed by atoms with E-state index < -0.39 is 7.92 Å². The van der Waals surface area contributed by atoms with Gasteiger partial charge in [0.05, 0.1) is 0 Å². The molecule has 0 amide bonds. The Morgan fingerprint density at radius 1 is 0.606 bits per heavy atom. The van der Waals surface area contributed by atoms with Gasteiger partial charge in [0.15, 0.2) is 0 Å². The average molecular weight is 514 g/mol. The zero-order valence-electron chi connectivity index (χ0n) is 20.6. The van der Waals surface area contributed by atoms with Gasteiger partial charge in [-0.15, -0.1) is 13.2 Å². The molecule has 180 valence electrons. The second-order valence-corrected chi connectivity index (χ2v) is 16.1. The Morgan fingerprint density at radius 2 is 1.00 bits per heavy atom. The van der Waals surface area contributed by atoms with Gasteiger partial charge in [0.2, 0.25) is 0 Å². The van der Waals surface area contributed by atoms with E-state index in [4.69, 9.17) is 0 Å². The summed E-state index contributed by atoms with van der Waals surface area (Å²) < 4.78 is 0. The Balaban J connectivity index is 0.000000235. The van der Waals surface area contributed by atoms with Gasteiger partial charge in [-0.05, 0) is 10.3 Å². The molecule has 3 heteroatoms. The molecule has 4 aromatic carbocycles. The maximum atomic E-state index is 2.36. The molecule has 0 radical (unpaired) electrons. The molecule has 4 aromatic rings. The zero-order chi connectivity index (χ0) is 23.2. The van der Waals surface area contributed by atoms with Crippen LogP contribution in [0.15, 0.2) is 109 Å². The van der Waals surface area contributed by atoms with E-state index >= 15 is 0 Å². The van der Waals surface area contributed by atoms with Crippen LogP contribution >= 0.6 is 15.8 Å². The van der Waals surface area contributed by atoms with Gasteiger partial charge in [0.25, 0.3) is 0 Å². The van der Waals surface area contributed by atoms with Crippen LogP contribution in [-0.4, -0.2) is 10.3 Å². The second kappa shape index (κ2) is 12.3. The Labute approximate surface area is 214 Å². The van der Waals surface area contributed by atoms with Crippen molar-refractivity contribution in [1.29, 1.82) is 0 Å². The molecule has 33 heavy (non-hydrogen) atoms.